The van der Waals surface area contributed by atoms with Gasteiger partial charge in [0.2, 0.25) is 0 Å². The molecule has 8 heteroatoms. The highest BCUT2D eigenvalue weighted by molar-refractivity contribution is 5.93. The number of halogens is 1. The molecule has 1 aliphatic rings. The first-order chi connectivity index (χ1) is 11.8. The molecule has 0 amide bonds. The van der Waals surface area contributed by atoms with Crippen molar-refractivity contribution in [1.29, 1.82) is 0 Å². The first-order valence-corrected chi connectivity index (χ1v) is 7.64. The van der Waals surface area contributed by atoms with Gasteiger partial charge >= 0.3 is 17.9 Å². The Hall–Kier alpha value is -2.71. The molecule has 1 aromatic carbocycles. The summed E-state index contributed by atoms with van der Waals surface area (Å²) in [5.41, 5.74) is 0.753. The highest BCUT2D eigenvalue weighted by atomic mass is 19.1. The van der Waals surface area contributed by atoms with Crippen molar-refractivity contribution < 1.29 is 28.6 Å². The zero-order valence-electron chi connectivity index (χ0n) is 13.5. The second-order valence-electron chi connectivity index (χ2n) is 5.84. The molecule has 1 aliphatic heterocycles. The van der Waals surface area contributed by atoms with Crippen LogP contribution in [0.5, 0.6) is 0 Å². The van der Waals surface area contributed by atoms with Crippen LogP contribution in [-0.4, -0.2) is 52.6 Å². The molecule has 0 spiro atoms. The third kappa shape index (κ3) is 4.04. The number of rotatable bonds is 5. The van der Waals surface area contributed by atoms with E-state index in [1.807, 2.05) is 16.8 Å². The quantitative estimate of drug-likeness (QED) is 0.813. The maximum absolute atomic E-state index is 13.4. The molecule has 3 rings (SSSR count). The lowest BCUT2D eigenvalue weighted by molar-refractivity contribution is -0.323. The highest BCUT2D eigenvalue weighted by Gasteiger charge is 2.38. The first kappa shape index (κ1) is 17.1. The number of esters is 2. The van der Waals surface area contributed by atoms with Crippen LogP contribution in [0, 0.1) is 5.82 Å². The van der Waals surface area contributed by atoms with E-state index in [4.69, 9.17) is 9.47 Å². The monoisotopic (exact) mass is 348 g/mol. The minimum absolute atomic E-state index is 0.222. The molecule has 0 saturated carbocycles. The second-order valence-corrected chi connectivity index (χ2v) is 5.84. The SMILES string of the molecule is CN(CCn1ccc2ccc(F)cc21)CC1(O)OC(=O)C=CC(=O)O1. The lowest BCUT2D eigenvalue weighted by Crippen LogP contribution is -2.48. The van der Waals surface area contributed by atoms with Crippen LogP contribution in [0.3, 0.4) is 0 Å². The molecule has 0 aliphatic carbocycles. The number of ether oxygens (including phenoxy) is 2. The average Bonchev–Trinajstić information content (AvgIpc) is 2.86. The Labute approximate surface area is 142 Å². The largest absolute Gasteiger partial charge is 0.394 e. The van der Waals surface area contributed by atoms with Crippen LogP contribution in [0.25, 0.3) is 10.9 Å². The lowest BCUT2D eigenvalue weighted by Gasteiger charge is -2.29. The van der Waals surface area contributed by atoms with Crippen molar-refractivity contribution in [1.82, 2.24) is 9.47 Å². The van der Waals surface area contributed by atoms with Gasteiger partial charge in [0.1, 0.15) is 12.4 Å². The third-order valence-corrected chi connectivity index (χ3v) is 3.80. The Kier molecular flexibility index (Phi) is 4.56. The van der Waals surface area contributed by atoms with E-state index in [0.29, 0.717) is 13.1 Å². The number of likely N-dealkylation sites (N-methyl/N-ethyl adjacent to an activating group) is 1. The van der Waals surface area contributed by atoms with Crippen LogP contribution in [0.2, 0.25) is 0 Å². The molecule has 0 bridgehead atoms. The molecule has 0 unspecified atom stereocenters. The van der Waals surface area contributed by atoms with Crippen molar-refractivity contribution in [2.75, 3.05) is 20.1 Å². The number of carbonyl (C=O) groups is 2. The van der Waals surface area contributed by atoms with Crippen molar-refractivity contribution >= 4 is 22.8 Å². The summed E-state index contributed by atoms with van der Waals surface area (Å²) in [6.45, 7) is 0.713. The van der Waals surface area contributed by atoms with Crippen LogP contribution in [0.1, 0.15) is 0 Å². The van der Waals surface area contributed by atoms with Crippen molar-refractivity contribution in [3.63, 3.8) is 0 Å². The smallest absolute Gasteiger partial charge is 0.387 e. The van der Waals surface area contributed by atoms with Crippen molar-refractivity contribution in [2.45, 2.75) is 12.5 Å². The molecule has 1 N–H and O–H groups in total. The van der Waals surface area contributed by atoms with E-state index in [2.05, 4.69) is 0 Å². The zero-order chi connectivity index (χ0) is 18.0. The standard InChI is InChI=1S/C17H17FN2O5/c1-19(11-17(23)24-15(21)4-5-16(22)25-17)8-9-20-7-6-12-2-3-13(18)10-14(12)20/h2-7,10,23H,8-9,11H2,1H3. The predicted octanol–water partition coefficient (Wildman–Crippen LogP) is 1.01. The number of carbonyl (C=O) groups excluding carboxylic acids is 2. The molecule has 25 heavy (non-hydrogen) atoms. The fourth-order valence-electron chi connectivity index (χ4n) is 2.65. The van der Waals surface area contributed by atoms with Crippen molar-refractivity contribution in [3.8, 4) is 0 Å². The van der Waals surface area contributed by atoms with Gasteiger partial charge in [-0.3, -0.25) is 4.90 Å². The Bertz CT molecular complexity index is 825. The van der Waals surface area contributed by atoms with Gasteiger partial charge in [-0.2, -0.15) is 0 Å². The summed E-state index contributed by atoms with van der Waals surface area (Å²) in [7, 11) is 1.67. The van der Waals surface area contributed by atoms with E-state index in [1.165, 1.54) is 12.1 Å². The highest BCUT2D eigenvalue weighted by Crippen LogP contribution is 2.18. The maximum atomic E-state index is 13.4. The molecule has 2 aromatic rings. The number of hydrogen-bond donors (Lipinski definition) is 1. The Morgan fingerprint density at radius 3 is 2.56 bits per heavy atom. The van der Waals surface area contributed by atoms with Gasteiger partial charge < -0.3 is 19.1 Å². The molecule has 0 radical (unpaired) electrons. The van der Waals surface area contributed by atoms with Crippen molar-refractivity contribution in [2.24, 2.45) is 0 Å². The normalized spacial score (nSPS) is 16.8. The Morgan fingerprint density at radius 1 is 1.20 bits per heavy atom. The summed E-state index contributed by atoms with van der Waals surface area (Å²) in [6.07, 6.45) is 3.61. The summed E-state index contributed by atoms with van der Waals surface area (Å²) >= 11 is 0. The van der Waals surface area contributed by atoms with Gasteiger partial charge in [0.15, 0.2) is 0 Å². The van der Waals surface area contributed by atoms with Gasteiger partial charge in [0.05, 0.1) is 5.52 Å². The van der Waals surface area contributed by atoms with Crippen molar-refractivity contribution in [3.05, 3.63) is 48.4 Å². The summed E-state index contributed by atoms with van der Waals surface area (Å²) in [6, 6.07) is 6.42. The molecular weight excluding hydrogens is 331 g/mol. The molecule has 1 aromatic heterocycles. The number of cyclic esters (lactones) is 2. The van der Waals surface area contributed by atoms with E-state index in [-0.39, 0.29) is 12.4 Å². The summed E-state index contributed by atoms with van der Waals surface area (Å²) in [4.78, 5) is 24.4. The number of aromatic nitrogens is 1. The van der Waals surface area contributed by atoms with Gasteiger partial charge in [-0.25, -0.2) is 14.0 Å². The summed E-state index contributed by atoms with van der Waals surface area (Å²) in [5.74, 6) is -4.40. The van der Waals surface area contributed by atoms with E-state index >= 15 is 0 Å². The van der Waals surface area contributed by atoms with Gasteiger partial charge in [0.25, 0.3) is 0 Å². The third-order valence-electron chi connectivity index (χ3n) is 3.80. The topological polar surface area (TPSA) is 81.0 Å². The zero-order valence-corrected chi connectivity index (χ0v) is 13.5. The Morgan fingerprint density at radius 2 is 1.88 bits per heavy atom. The van der Waals surface area contributed by atoms with Crippen LogP contribution in [0.4, 0.5) is 4.39 Å². The molecule has 0 atom stereocenters. The van der Waals surface area contributed by atoms with E-state index in [0.717, 1.165) is 23.1 Å². The van der Waals surface area contributed by atoms with E-state index < -0.39 is 17.9 Å². The molecule has 2 heterocycles. The minimum atomic E-state index is -2.35. The van der Waals surface area contributed by atoms with Crippen LogP contribution in [0.15, 0.2) is 42.6 Å². The molecule has 132 valence electrons. The number of hydrogen-bond acceptors (Lipinski definition) is 6. The van der Waals surface area contributed by atoms with Crippen LogP contribution >= 0.6 is 0 Å². The minimum Gasteiger partial charge on any atom is -0.394 e. The number of aliphatic hydroxyl groups is 1. The van der Waals surface area contributed by atoms with Gasteiger partial charge in [-0.15, -0.1) is 0 Å². The lowest BCUT2D eigenvalue weighted by atomic mass is 10.2. The fourth-order valence-corrected chi connectivity index (χ4v) is 2.65. The average molecular weight is 348 g/mol. The van der Waals surface area contributed by atoms with Gasteiger partial charge in [-0.1, -0.05) is 0 Å². The van der Waals surface area contributed by atoms with Gasteiger partial charge in [-0.05, 0) is 36.7 Å². The predicted molar refractivity (Wildman–Crippen MR) is 85.7 cm³/mol. The Balaban J connectivity index is 1.64. The molecule has 0 fully saturated rings. The van der Waals surface area contributed by atoms with E-state index in [1.54, 1.807) is 18.0 Å². The summed E-state index contributed by atoms with van der Waals surface area (Å²) in [5, 5.41) is 11.1. The second kappa shape index (κ2) is 6.66. The van der Waals surface area contributed by atoms with Gasteiger partial charge in [0, 0.05) is 31.4 Å². The van der Waals surface area contributed by atoms with Crippen LogP contribution in [-0.2, 0) is 25.6 Å². The molecular formula is C17H17FN2O5. The number of fused-ring (bicyclic) bond motifs is 1. The maximum Gasteiger partial charge on any atom is 0.387 e. The summed E-state index contributed by atoms with van der Waals surface area (Å²) < 4.78 is 24.8. The van der Waals surface area contributed by atoms with E-state index in [9.17, 15) is 19.1 Å². The van der Waals surface area contributed by atoms with Crippen LogP contribution < -0.4 is 0 Å². The number of benzene rings is 1. The molecule has 7 nitrogen and oxygen atoms in total. The number of nitrogens with zero attached hydrogens (tertiary/aromatic N) is 2. The first-order valence-electron chi connectivity index (χ1n) is 7.64. The molecule has 0 saturated heterocycles. The fraction of sp³-hybridized carbons (Fsp3) is 0.294.